The summed E-state index contributed by atoms with van der Waals surface area (Å²) < 4.78 is 0. The van der Waals surface area contributed by atoms with Crippen LogP contribution in [0.2, 0.25) is 0 Å². The first-order chi connectivity index (χ1) is 6.09. The second-order valence-electron chi connectivity index (χ2n) is 2.31. The van der Waals surface area contributed by atoms with Crippen LogP contribution in [0.1, 0.15) is 6.92 Å². The minimum Gasteiger partial charge on any atom is -0.504 e. The maximum absolute atomic E-state index is 10.3. The van der Waals surface area contributed by atoms with E-state index in [4.69, 9.17) is 10.2 Å². The number of aromatic hydroxyl groups is 2. The molecule has 5 nitrogen and oxygen atoms in total. The molecule has 0 aliphatic carbocycles. The first kappa shape index (κ1) is 9.18. The standard InChI is InChI=1S/C8H8O5/c1-5(9)12-13-6-2-3-7(10)8(11)4-6/h2-4,10-11H,1H3. The molecule has 1 aromatic rings. The molecule has 70 valence electrons. The second-order valence-corrected chi connectivity index (χ2v) is 2.31. The van der Waals surface area contributed by atoms with Gasteiger partial charge in [0.1, 0.15) is 0 Å². The molecule has 0 heterocycles. The quantitative estimate of drug-likeness (QED) is 0.406. The fourth-order valence-electron chi connectivity index (χ4n) is 0.662. The molecule has 0 aliphatic heterocycles. The second kappa shape index (κ2) is 3.66. The van der Waals surface area contributed by atoms with Gasteiger partial charge in [0, 0.05) is 13.0 Å². The highest BCUT2D eigenvalue weighted by atomic mass is 17.2. The topological polar surface area (TPSA) is 76.0 Å². The number of carbonyl (C=O) groups is 1. The van der Waals surface area contributed by atoms with Gasteiger partial charge in [0.25, 0.3) is 0 Å². The molecule has 5 heteroatoms. The third-order valence-electron chi connectivity index (χ3n) is 1.20. The summed E-state index contributed by atoms with van der Waals surface area (Å²) in [4.78, 5) is 19.0. The average Bonchev–Trinajstić information content (AvgIpc) is 2.07. The lowest BCUT2D eigenvalue weighted by molar-refractivity contribution is -0.210. The molecule has 0 aromatic heterocycles. The maximum Gasteiger partial charge on any atom is 0.352 e. The molecule has 0 amide bonds. The van der Waals surface area contributed by atoms with Gasteiger partial charge in [-0.3, -0.25) is 9.78 Å². The Labute approximate surface area is 74.1 Å². The van der Waals surface area contributed by atoms with Gasteiger partial charge in [-0.2, -0.15) is 0 Å². The number of phenolic OH excluding ortho intramolecular Hbond substituents is 2. The molecule has 0 spiro atoms. The van der Waals surface area contributed by atoms with Crippen molar-refractivity contribution >= 4 is 5.97 Å². The van der Waals surface area contributed by atoms with E-state index in [-0.39, 0.29) is 17.2 Å². The van der Waals surface area contributed by atoms with Crippen LogP contribution in [-0.4, -0.2) is 16.2 Å². The molecule has 0 atom stereocenters. The van der Waals surface area contributed by atoms with Crippen LogP contribution < -0.4 is 4.89 Å². The van der Waals surface area contributed by atoms with Crippen molar-refractivity contribution in [1.29, 1.82) is 0 Å². The van der Waals surface area contributed by atoms with Crippen molar-refractivity contribution in [1.82, 2.24) is 0 Å². The van der Waals surface area contributed by atoms with Gasteiger partial charge in [-0.25, -0.2) is 4.79 Å². The molecule has 0 saturated heterocycles. The monoisotopic (exact) mass is 184 g/mol. The third-order valence-corrected chi connectivity index (χ3v) is 1.20. The van der Waals surface area contributed by atoms with Crippen molar-refractivity contribution in [3.05, 3.63) is 18.2 Å². The van der Waals surface area contributed by atoms with Crippen molar-refractivity contribution in [2.45, 2.75) is 6.92 Å². The van der Waals surface area contributed by atoms with Crippen molar-refractivity contribution in [3.8, 4) is 17.2 Å². The lowest BCUT2D eigenvalue weighted by Crippen LogP contribution is -2.02. The van der Waals surface area contributed by atoms with E-state index in [1.165, 1.54) is 19.1 Å². The van der Waals surface area contributed by atoms with Gasteiger partial charge in [-0.05, 0) is 12.1 Å². The minimum absolute atomic E-state index is 0.130. The summed E-state index contributed by atoms with van der Waals surface area (Å²) in [5.74, 6) is -1.09. The smallest absolute Gasteiger partial charge is 0.352 e. The third kappa shape index (κ3) is 2.55. The van der Waals surface area contributed by atoms with Gasteiger partial charge >= 0.3 is 5.97 Å². The number of hydrogen-bond acceptors (Lipinski definition) is 5. The van der Waals surface area contributed by atoms with Crippen LogP contribution in [0.5, 0.6) is 17.2 Å². The summed E-state index contributed by atoms with van der Waals surface area (Å²) in [5.41, 5.74) is 0. The molecule has 1 aromatic carbocycles. The number of hydrogen-bond donors (Lipinski definition) is 2. The summed E-state index contributed by atoms with van der Waals surface area (Å²) >= 11 is 0. The number of benzene rings is 1. The zero-order valence-corrected chi connectivity index (χ0v) is 6.85. The Kier molecular flexibility index (Phi) is 2.59. The van der Waals surface area contributed by atoms with Gasteiger partial charge < -0.3 is 10.2 Å². The molecule has 13 heavy (non-hydrogen) atoms. The predicted molar refractivity (Wildman–Crippen MR) is 42.2 cm³/mol. The van der Waals surface area contributed by atoms with E-state index in [1.807, 2.05) is 0 Å². The van der Waals surface area contributed by atoms with Gasteiger partial charge in [-0.15, -0.1) is 0 Å². The summed E-state index contributed by atoms with van der Waals surface area (Å²) in [6.07, 6.45) is 0. The average molecular weight is 184 g/mol. The SMILES string of the molecule is CC(=O)OOc1ccc(O)c(O)c1. The highest BCUT2D eigenvalue weighted by Gasteiger charge is 2.03. The predicted octanol–water partition coefficient (Wildman–Crippen LogP) is 0.955. The number of phenols is 2. The van der Waals surface area contributed by atoms with Crippen LogP contribution in [0.15, 0.2) is 18.2 Å². The van der Waals surface area contributed by atoms with Gasteiger partial charge in [-0.1, -0.05) is 0 Å². The van der Waals surface area contributed by atoms with E-state index in [2.05, 4.69) is 9.78 Å². The number of carbonyl (C=O) groups excluding carboxylic acids is 1. The van der Waals surface area contributed by atoms with Crippen molar-refractivity contribution in [2.24, 2.45) is 0 Å². The minimum atomic E-state index is -0.604. The molecule has 1 rings (SSSR count). The molecular weight excluding hydrogens is 176 g/mol. The summed E-state index contributed by atoms with van der Waals surface area (Å²) in [7, 11) is 0. The fraction of sp³-hybridized carbons (Fsp3) is 0.125. The zero-order valence-electron chi connectivity index (χ0n) is 6.85. The Morgan fingerprint density at radius 1 is 1.31 bits per heavy atom. The van der Waals surface area contributed by atoms with Crippen LogP contribution in [-0.2, 0) is 9.68 Å². The van der Waals surface area contributed by atoms with Gasteiger partial charge in [0.15, 0.2) is 17.2 Å². The molecule has 0 bridgehead atoms. The maximum atomic E-state index is 10.3. The number of rotatable bonds is 2. The van der Waals surface area contributed by atoms with E-state index >= 15 is 0 Å². The highest BCUT2D eigenvalue weighted by molar-refractivity contribution is 5.65. The van der Waals surface area contributed by atoms with Crippen LogP contribution >= 0.6 is 0 Å². The van der Waals surface area contributed by atoms with Gasteiger partial charge in [0.2, 0.25) is 0 Å². The highest BCUT2D eigenvalue weighted by Crippen LogP contribution is 2.28. The van der Waals surface area contributed by atoms with Crippen LogP contribution in [0.4, 0.5) is 0 Å². The summed E-state index contributed by atoms with van der Waals surface area (Å²) in [5, 5.41) is 17.9. The zero-order chi connectivity index (χ0) is 9.84. The molecule has 0 fully saturated rings. The van der Waals surface area contributed by atoms with Crippen molar-refractivity contribution in [2.75, 3.05) is 0 Å². The summed E-state index contributed by atoms with van der Waals surface area (Å²) in [6, 6.07) is 3.68. The lowest BCUT2D eigenvalue weighted by Gasteiger charge is -2.02. The molecule has 0 unspecified atom stereocenters. The Morgan fingerprint density at radius 3 is 2.54 bits per heavy atom. The fourth-order valence-corrected chi connectivity index (χ4v) is 0.662. The van der Waals surface area contributed by atoms with Crippen LogP contribution in [0, 0.1) is 0 Å². The Morgan fingerprint density at radius 2 is 2.00 bits per heavy atom. The molecule has 0 radical (unpaired) electrons. The Balaban J connectivity index is 2.68. The van der Waals surface area contributed by atoms with E-state index in [0.29, 0.717) is 0 Å². The Hall–Kier alpha value is -1.91. The van der Waals surface area contributed by atoms with Crippen LogP contribution in [0.3, 0.4) is 0 Å². The molecule has 2 N–H and O–H groups in total. The molecule has 0 aliphatic rings. The molecule has 0 saturated carbocycles. The van der Waals surface area contributed by atoms with Crippen molar-refractivity contribution < 1.29 is 24.8 Å². The largest absolute Gasteiger partial charge is 0.504 e. The van der Waals surface area contributed by atoms with Gasteiger partial charge in [0.05, 0.1) is 0 Å². The van der Waals surface area contributed by atoms with Crippen LogP contribution in [0.25, 0.3) is 0 Å². The normalized spacial score (nSPS) is 9.31. The molecular formula is C8H8O5. The van der Waals surface area contributed by atoms with E-state index in [1.54, 1.807) is 0 Å². The van der Waals surface area contributed by atoms with Crippen molar-refractivity contribution in [3.63, 3.8) is 0 Å². The Bertz CT molecular complexity index is 320. The summed E-state index contributed by atoms with van der Waals surface area (Å²) in [6.45, 7) is 1.18. The van der Waals surface area contributed by atoms with E-state index < -0.39 is 5.97 Å². The lowest BCUT2D eigenvalue weighted by atomic mass is 10.3. The van der Waals surface area contributed by atoms with E-state index in [9.17, 15) is 4.79 Å². The van der Waals surface area contributed by atoms with E-state index in [0.717, 1.165) is 6.07 Å². The first-order valence-electron chi connectivity index (χ1n) is 3.46. The first-order valence-corrected chi connectivity index (χ1v) is 3.46.